The van der Waals surface area contributed by atoms with Crippen molar-refractivity contribution in [3.05, 3.63) is 121 Å². The van der Waals surface area contributed by atoms with Gasteiger partial charge in [-0.2, -0.15) is 0 Å². The van der Waals surface area contributed by atoms with Gasteiger partial charge in [0.2, 0.25) is 0 Å². The molecule has 0 aliphatic carbocycles. The lowest BCUT2D eigenvalue weighted by atomic mass is 10.3. The lowest BCUT2D eigenvalue weighted by Gasteiger charge is -2.01. The van der Waals surface area contributed by atoms with Crippen LogP contribution >= 0.6 is 0 Å². The topological polar surface area (TPSA) is 87.0 Å². The van der Waals surface area contributed by atoms with E-state index in [-0.39, 0.29) is 0 Å². The second-order valence-corrected chi connectivity index (χ2v) is 10.3. The molecule has 8 nitrogen and oxygen atoms in total. The highest BCUT2D eigenvalue weighted by molar-refractivity contribution is 5.23. The summed E-state index contributed by atoms with van der Waals surface area (Å²) in [6.07, 6.45) is 1.37. The van der Waals surface area contributed by atoms with E-state index in [2.05, 4.69) is 0 Å². The summed E-state index contributed by atoms with van der Waals surface area (Å²) in [6, 6.07) is 39.2. The van der Waals surface area contributed by atoms with Crippen LogP contribution in [0.4, 0.5) is 0 Å². The van der Waals surface area contributed by atoms with Crippen LogP contribution in [0.15, 0.2) is 121 Å². The van der Waals surface area contributed by atoms with Crippen LogP contribution in [0, 0.1) is 0 Å². The maximum Gasteiger partial charge on any atom is 0.119 e. The molecule has 0 saturated carbocycles. The maximum absolute atomic E-state index is 5.40. The van der Waals surface area contributed by atoms with E-state index in [1.165, 1.54) is 0 Å². The standard InChI is InChI=1S/4C9H10O2.C2H6/c4*1-2-4-8(5-3-1)10-6-9-7-11-9;1-2/h4*1-5,9H,6-7H2;1-2H3. The van der Waals surface area contributed by atoms with Crippen LogP contribution in [-0.4, -0.2) is 77.3 Å². The highest BCUT2D eigenvalue weighted by atomic mass is 16.6. The molecule has 0 amide bonds. The SMILES string of the molecule is CC.c1ccc(OCC2CO2)cc1.c1ccc(OCC2CO2)cc1.c1ccc(OCC2CO2)cc1.c1ccc(OCC2CO2)cc1. The molecular weight excluding hydrogens is 584 g/mol. The van der Waals surface area contributed by atoms with E-state index < -0.39 is 0 Å². The number of benzene rings is 4. The molecule has 4 aromatic carbocycles. The van der Waals surface area contributed by atoms with Gasteiger partial charge < -0.3 is 37.9 Å². The van der Waals surface area contributed by atoms with Crippen molar-refractivity contribution in [2.24, 2.45) is 0 Å². The summed E-state index contributed by atoms with van der Waals surface area (Å²) >= 11 is 0. The highest BCUT2D eigenvalue weighted by Gasteiger charge is 2.24. The second kappa shape index (κ2) is 20.9. The van der Waals surface area contributed by atoms with Crippen LogP contribution in [0.2, 0.25) is 0 Å². The average molecular weight is 631 g/mol. The number of hydrogen-bond acceptors (Lipinski definition) is 8. The van der Waals surface area contributed by atoms with Gasteiger partial charge >= 0.3 is 0 Å². The van der Waals surface area contributed by atoms with E-state index in [0.29, 0.717) is 50.8 Å². The van der Waals surface area contributed by atoms with Crippen molar-refractivity contribution < 1.29 is 37.9 Å². The van der Waals surface area contributed by atoms with E-state index >= 15 is 0 Å². The average Bonchev–Trinajstić information content (AvgIpc) is 3.92. The smallest absolute Gasteiger partial charge is 0.119 e. The van der Waals surface area contributed by atoms with Gasteiger partial charge in [0.1, 0.15) is 73.8 Å². The third-order valence-electron chi connectivity index (χ3n) is 6.33. The summed E-state index contributed by atoms with van der Waals surface area (Å²) in [5, 5.41) is 0. The van der Waals surface area contributed by atoms with Crippen LogP contribution in [0.3, 0.4) is 0 Å². The predicted molar refractivity (Wildman–Crippen MR) is 178 cm³/mol. The molecule has 0 N–H and O–H groups in total. The quantitative estimate of drug-likeness (QED) is 0.157. The van der Waals surface area contributed by atoms with Crippen molar-refractivity contribution in [1.82, 2.24) is 0 Å². The third-order valence-corrected chi connectivity index (χ3v) is 6.33. The number of epoxide rings is 4. The minimum Gasteiger partial charge on any atom is -0.491 e. The zero-order valence-electron chi connectivity index (χ0n) is 26.8. The zero-order valence-corrected chi connectivity index (χ0v) is 26.8. The van der Waals surface area contributed by atoms with Gasteiger partial charge in [0.05, 0.1) is 26.4 Å². The summed E-state index contributed by atoms with van der Waals surface area (Å²) < 4.78 is 41.6. The van der Waals surface area contributed by atoms with Crippen LogP contribution in [0.1, 0.15) is 13.8 Å². The highest BCUT2D eigenvalue weighted by Crippen LogP contribution is 2.16. The molecular formula is C38H46O8. The molecule has 8 heteroatoms. The van der Waals surface area contributed by atoms with Gasteiger partial charge in [0.25, 0.3) is 0 Å². The molecule has 4 atom stereocenters. The first-order valence-electron chi connectivity index (χ1n) is 16.0. The lowest BCUT2D eigenvalue weighted by Crippen LogP contribution is -2.03. The minimum atomic E-state index is 0.343. The lowest BCUT2D eigenvalue weighted by molar-refractivity contribution is 0.263. The number of para-hydroxylation sites is 4. The van der Waals surface area contributed by atoms with Crippen LogP contribution < -0.4 is 18.9 Å². The zero-order chi connectivity index (χ0) is 32.1. The Kier molecular flexibility index (Phi) is 15.8. The molecule has 4 saturated heterocycles. The fourth-order valence-corrected chi connectivity index (χ4v) is 3.48. The van der Waals surface area contributed by atoms with Gasteiger partial charge in [-0.05, 0) is 48.5 Å². The van der Waals surface area contributed by atoms with Gasteiger partial charge in [-0.25, -0.2) is 0 Å². The number of hydrogen-bond donors (Lipinski definition) is 0. The van der Waals surface area contributed by atoms with Crippen molar-refractivity contribution >= 4 is 0 Å². The van der Waals surface area contributed by atoms with Gasteiger partial charge in [-0.3, -0.25) is 0 Å². The Bertz CT molecular complexity index is 1070. The Labute approximate surface area is 273 Å². The molecule has 4 fully saturated rings. The third kappa shape index (κ3) is 16.8. The first-order chi connectivity index (χ1) is 22.8. The Hall–Kier alpha value is -4.08. The largest absolute Gasteiger partial charge is 0.491 e. The van der Waals surface area contributed by atoms with E-state index in [0.717, 1.165) is 49.4 Å². The Morgan fingerprint density at radius 2 is 0.543 bits per heavy atom. The Morgan fingerprint density at radius 1 is 0.370 bits per heavy atom. The van der Waals surface area contributed by atoms with E-state index in [9.17, 15) is 0 Å². The van der Waals surface area contributed by atoms with Crippen LogP contribution in [0.5, 0.6) is 23.0 Å². The molecule has 0 spiro atoms. The molecule has 246 valence electrons. The molecule has 8 rings (SSSR count). The van der Waals surface area contributed by atoms with Crippen molar-refractivity contribution in [2.45, 2.75) is 38.3 Å². The molecule has 0 radical (unpaired) electrons. The molecule has 0 bridgehead atoms. The summed E-state index contributed by atoms with van der Waals surface area (Å²) in [4.78, 5) is 0. The molecule has 4 unspecified atom stereocenters. The van der Waals surface area contributed by atoms with E-state index in [4.69, 9.17) is 37.9 Å². The summed E-state index contributed by atoms with van der Waals surface area (Å²) in [5.74, 6) is 3.68. The van der Waals surface area contributed by atoms with Crippen LogP contribution in [0.25, 0.3) is 0 Å². The monoisotopic (exact) mass is 630 g/mol. The predicted octanol–water partition coefficient (Wildman–Crippen LogP) is 6.88. The fraction of sp³-hybridized carbons (Fsp3) is 0.368. The van der Waals surface area contributed by atoms with Gasteiger partial charge in [0, 0.05) is 0 Å². The summed E-state index contributed by atoms with van der Waals surface area (Å²) in [5.41, 5.74) is 0. The van der Waals surface area contributed by atoms with E-state index in [1.807, 2.05) is 135 Å². The fourth-order valence-electron chi connectivity index (χ4n) is 3.48. The maximum atomic E-state index is 5.40. The normalized spacial score (nSPS) is 20.5. The van der Waals surface area contributed by atoms with Crippen molar-refractivity contribution in [1.29, 1.82) is 0 Å². The molecule has 4 aliphatic rings. The molecule has 4 aromatic rings. The second-order valence-electron chi connectivity index (χ2n) is 10.3. The molecule has 0 aromatic heterocycles. The summed E-state index contributed by atoms with van der Waals surface area (Å²) in [6.45, 7) is 10.2. The molecule has 4 aliphatic heterocycles. The van der Waals surface area contributed by atoms with Crippen molar-refractivity contribution in [3.63, 3.8) is 0 Å². The Balaban J connectivity index is 0.000000137. The minimum absolute atomic E-state index is 0.343. The van der Waals surface area contributed by atoms with Gasteiger partial charge in [0.15, 0.2) is 0 Å². The number of rotatable bonds is 12. The first kappa shape index (κ1) is 34.8. The first-order valence-corrected chi connectivity index (χ1v) is 16.0. The number of ether oxygens (including phenoxy) is 8. The van der Waals surface area contributed by atoms with Crippen molar-refractivity contribution in [2.75, 3.05) is 52.9 Å². The Morgan fingerprint density at radius 3 is 0.696 bits per heavy atom. The molecule has 46 heavy (non-hydrogen) atoms. The summed E-state index contributed by atoms with van der Waals surface area (Å²) in [7, 11) is 0. The van der Waals surface area contributed by atoms with Gasteiger partial charge in [-0.1, -0.05) is 86.6 Å². The van der Waals surface area contributed by atoms with Crippen molar-refractivity contribution in [3.8, 4) is 23.0 Å². The van der Waals surface area contributed by atoms with Crippen LogP contribution in [-0.2, 0) is 18.9 Å². The van der Waals surface area contributed by atoms with Gasteiger partial charge in [-0.15, -0.1) is 0 Å². The van der Waals surface area contributed by atoms with E-state index in [1.54, 1.807) is 0 Å². The molecule has 4 heterocycles.